The summed E-state index contributed by atoms with van der Waals surface area (Å²) in [5, 5.41) is 5.44. The van der Waals surface area contributed by atoms with Gasteiger partial charge in [-0.1, -0.05) is 6.42 Å². The highest BCUT2D eigenvalue weighted by Gasteiger charge is 2.34. The Morgan fingerprint density at radius 1 is 1.00 bits per heavy atom. The molecule has 0 atom stereocenters. The molecular weight excluding hydrogens is 326 g/mol. The third kappa shape index (κ3) is 2.63. The molecule has 134 valence electrons. The smallest absolute Gasteiger partial charge is 0.164 e. The van der Waals surface area contributed by atoms with Gasteiger partial charge in [-0.2, -0.15) is 5.10 Å². The summed E-state index contributed by atoms with van der Waals surface area (Å²) in [6, 6.07) is 4.56. The number of hydrogen-bond acceptors (Lipinski definition) is 6. The average molecular weight is 349 g/mol. The lowest BCUT2D eigenvalue weighted by Gasteiger charge is -2.47. The van der Waals surface area contributed by atoms with Crippen LogP contribution in [0.15, 0.2) is 30.7 Å². The summed E-state index contributed by atoms with van der Waals surface area (Å²) in [5.41, 5.74) is 1.86. The van der Waals surface area contributed by atoms with Gasteiger partial charge in [0.15, 0.2) is 11.5 Å². The third-order valence-corrected chi connectivity index (χ3v) is 5.58. The second kappa shape index (κ2) is 6.32. The molecule has 5 rings (SSSR count). The lowest BCUT2D eigenvalue weighted by atomic mass is 10.0. The number of likely N-dealkylation sites (tertiary alicyclic amines) is 1. The first-order chi connectivity index (χ1) is 12.8. The van der Waals surface area contributed by atoms with Gasteiger partial charge in [0.2, 0.25) is 0 Å². The van der Waals surface area contributed by atoms with E-state index in [0.717, 1.165) is 41.3 Å². The SMILES string of the molecule is Cn1ncc2c(N3CC(N4CCCCC4)C3)nc(-c3ccncc3)nc21. The molecule has 0 saturated carbocycles. The molecule has 2 aliphatic rings. The van der Waals surface area contributed by atoms with Crippen LogP contribution in [0.25, 0.3) is 22.4 Å². The van der Waals surface area contributed by atoms with E-state index >= 15 is 0 Å². The quantitative estimate of drug-likeness (QED) is 0.722. The molecule has 2 aliphatic heterocycles. The van der Waals surface area contributed by atoms with Gasteiger partial charge in [-0.15, -0.1) is 0 Å². The minimum absolute atomic E-state index is 0.654. The van der Waals surface area contributed by atoms with E-state index in [0.29, 0.717) is 6.04 Å². The molecule has 2 fully saturated rings. The van der Waals surface area contributed by atoms with E-state index in [1.54, 1.807) is 12.4 Å². The molecule has 3 aromatic heterocycles. The first-order valence-corrected chi connectivity index (χ1v) is 9.39. The van der Waals surface area contributed by atoms with Gasteiger partial charge in [0.05, 0.1) is 11.6 Å². The van der Waals surface area contributed by atoms with Crippen LogP contribution in [0.4, 0.5) is 5.82 Å². The summed E-state index contributed by atoms with van der Waals surface area (Å²) in [5.74, 6) is 1.74. The summed E-state index contributed by atoms with van der Waals surface area (Å²) < 4.78 is 1.83. The van der Waals surface area contributed by atoms with Crippen molar-refractivity contribution in [1.29, 1.82) is 0 Å². The van der Waals surface area contributed by atoms with Crippen molar-refractivity contribution in [3.05, 3.63) is 30.7 Å². The summed E-state index contributed by atoms with van der Waals surface area (Å²) >= 11 is 0. The predicted octanol–water partition coefficient (Wildman–Crippen LogP) is 2.10. The number of pyridine rings is 1. The van der Waals surface area contributed by atoms with Crippen LogP contribution in [0.3, 0.4) is 0 Å². The Morgan fingerprint density at radius 2 is 1.77 bits per heavy atom. The van der Waals surface area contributed by atoms with E-state index in [1.165, 1.54) is 32.4 Å². The topological polar surface area (TPSA) is 63.0 Å². The Hall–Kier alpha value is -2.54. The molecule has 0 amide bonds. The van der Waals surface area contributed by atoms with Crippen molar-refractivity contribution < 1.29 is 0 Å². The molecule has 2 saturated heterocycles. The normalized spacial score (nSPS) is 19.0. The van der Waals surface area contributed by atoms with Crippen LogP contribution in [0.1, 0.15) is 19.3 Å². The third-order valence-electron chi connectivity index (χ3n) is 5.58. The molecule has 0 bridgehead atoms. The fourth-order valence-corrected chi connectivity index (χ4v) is 4.02. The molecule has 3 aromatic rings. The average Bonchev–Trinajstić information content (AvgIpc) is 3.03. The number of aromatic nitrogens is 5. The summed E-state index contributed by atoms with van der Waals surface area (Å²) in [6.07, 6.45) is 9.50. The van der Waals surface area contributed by atoms with Gasteiger partial charge in [0.1, 0.15) is 5.82 Å². The van der Waals surface area contributed by atoms with Crippen LogP contribution >= 0.6 is 0 Å². The molecule has 0 radical (unpaired) electrons. The fraction of sp³-hybridized carbons (Fsp3) is 0.474. The molecule has 0 aromatic carbocycles. The zero-order valence-electron chi connectivity index (χ0n) is 15.0. The van der Waals surface area contributed by atoms with Crippen LogP contribution in [-0.4, -0.2) is 61.9 Å². The van der Waals surface area contributed by atoms with E-state index in [-0.39, 0.29) is 0 Å². The first-order valence-electron chi connectivity index (χ1n) is 9.39. The highest BCUT2D eigenvalue weighted by Crippen LogP contribution is 2.31. The van der Waals surface area contributed by atoms with Gasteiger partial charge in [0.25, 0.3) is 0 Å². The summed E-state index contributed by atoms with van der Waals surface area (Å²) in [4.78, 5) is 18.8. The van der Waals surface area contributed by atoms with Gasteiger partial charge in [-0.25, -0.2) is 9.97 Å². The molecule has 26 heavy (non-hydrogen) atoms. The highest BCUT2D eigenvalue weighted by molar-refractivity contribution is 5.89. The standard InChI is InChI=1S/C19H23N7/c1-24-18-16(11-21-24)19(23-17(22-18)14-5-7-20-8-6-14)26-12-15(13-26)25-9-3-2-4-10-25/h5-8,11,15H,2-4,9-10,12-13H2,1H3. The molecule has 0 N–H and O–H groups in total. The van der Waals surface area contributed by atoms with E-state index in [4.69, 9.17) is 9.97 Å². The Balaban J connectivity index is 1.47. The van der Waals surface area contributed by atoms with Gasteiger partial charge in [-0.05, 0) is 38.1 Å². The minimum atomic E-state index is 0.654. The molecule has 0 aliphatic carbocycles. The van der Waals surface area contributed by atoms with Crippen molar-refractivity contribution in [3.8, 4) is 11.4 Å². The van der Waals surface area contributed by atoms with Crippen LogP contribution in [0, 0.1) is 0 Å². The summed E-state index contributed by atoms with van der Waals surface area (Å²) in [7, 11) is 1.93. The zero-order valence-corrected chi connectivity index (χ0v) is 15.0. The van der Waals surface area contributed by atoms with Gasteiger partial charge in [-0.3, -0.25) is 14.6 Å². The molecular formula is C19H23N7. The van der Waals surface area contributed by atoms with E-state index in [2.05, 4.69) is 19.9 Å². The van der Waals surface area contributed by atoms with Crippen molar-refractivity contribution in [1.82, 2.24) is 29.6 Å². The maximum Gasteiger partial charge on any atom is 0.164 e. The van der Waals surface area contributed by atoms with E-state index < -0.39 is 0 Å². The van der Waals surface area contributed by atoms with E-state index in [9.17, 15) is 0 Å². The van der Waals surface area contributed by atoms with Crippen molar-refractivity contribution in [2.75, 3.05) is 31.1 Å². The number of rotatable bonds is 3. The number of aryl methyl sites for hydroxylation is 1. The van der Waals surface area contributed by atoms with Crippen LogP contribution in [0.5, 0.6) is 0 Å². The van der Waals surface area contributed by atoms with Gasteiger partial charge in [0, 0.05) is 44.1 Å². The number of piperidine rings is 1. The van der Waals surface area contributed by atoms with E-state index in [1.807, 2.05) is 30.1 Å². The second-order valence-corrected chi connectivity index (χ2v) is 7.27. The highest BCUT2D eigenvalue weighted by atomic mass is 15.4. The van der Waals surface area contributed by atoms with Gasteiger partial charge >= 0.3 is 0 Å². The zero-order chi connectivity index (χ0) is 17.5. The fourth-order valence-electron chi connectivity index (χ4n) is 4.02. The second-order valence-electron chi connectivity index (χ2n) is 7.27. The van der Waals surface area contributed by atoms with Crippen molar-refractivity contribution in [2.24, 2.45) is 7.05 Å². The number of nitrogens with zero attached hydrogens (tertiary/aromatic N) is 7. The van der Waals surface area contributed by atoms with Crippen LogP contribution < -0.4 is 4.90 Å². The number of hydrogen-bond donors (Lipinski definition) is 0. The van der Waals surface area contributed by atoms with Crippen molar-refractivity contribution in [3.63, 3.8) is 0 Å². The minimum Gasteiger partial charge on any atom is -0.353 e. The Morgan fingerprint density at radius 3 is 2.54 bits per heavy atom. The predicted molar refractivity (Wildman–Crippen MR) is 101 cm³/mol. The molecule has 5 heterocycles. The van der Waals surface area contributed by atoms with Crippen molar-refractivity contribution in [2.45, 2.75) is 25.3 Å². The first kappa shape index (κ1) is 15.7. The Bertz CT molecular complexity index is 908. The largest absolute Gasteiger partial charge is 0.353 e. The molecule has 7 nitrogen and oxygen atoms in total. The molecule has 0 spiro atoms. The van der Waals surface area contributed by atoms with Gasteiger partial charge < -0.3 is 4.90 Å². The number of fused-ring (bicyclic) bond motifs is 1. The maximum atomic E-state index is 4.90. The molecule has 7 heteroatoms. The van der Waals surface area contributed by atoms with Crippen molar-refractivity contribution >= 4 is 16.9 Å². The number of anilines is 1. The van der Waals surface area contributed by atoms with Crippen LogP contribution in [-0.2, 0) is 7.05 Å². The lowest BCUT2D eigenvalue weighted by Crippen LogP contribution is -2.60. The summed E-state index contributed by atoms with van der Waals surface area (Å²) in [6.45, 7) is 4.56. The monoisotopic (exact) mass is 349 g/mol. The maximum absolute atomic E-state index is 4.90. The Kier molecular flexibility index (Phi) is 3.81. The lowest BCUT2D eigenvalue weighted by molar-refractivity contribution is 0.138. The molecule has 0 unspecified atom stereocenters. The Labute approximate surface area is 152 Å². The van der Waals surface area contributed by atoms with Crippen LogP contribution in [0.2, 0.25) is 0 Å².